The molecule has 1 aromatic rings. The van der Waals surface area contributed by atoms with Gasteiger partial charge in [0.15, 0.2) is 0 Å². The highest BCUT2D eigenvalue weighted by molar-refractivity contribution is 7.89. The smallest absolute Gasteiger partial charge is 0.244 e. The lowest BCUT2D eigenvalue weighted by atomic mass is 10.1. The lowest BCUT2D eigenvalue weighted by Crippen LogP contribution is -2.25. The van der Waals surface area contributed by atoms with Crippen molar-refractivity contribution in [2.45, 2.75) is 63.2 Å². The van der Waals surface area contributed by atoms with Crippen LogP contribution in [-0.4, -0.2) is 29.2 Å². The molecule has 5 nitrogen and oxygen atoms in total. The minimum Gasteiger partial charge on any atom is -0.497 e. The third-order valence-corrected chi connectivity index (χ3v) is 5.48. The number of ether oxygens (including phenoxy) is 2. The number of nitrogens with one attached hydrogen (secondary N) is 1. The molecule has 0 unspecified atom stereocenters. The van der Waals surface area contributed by atoms with Crippen LogP contribution in [0.15, 0.2) is 23.1 Å². The van der Waals surface area contributed by atoms with Crippen LogP contribution in [0.3, 0.4) is 0 Å². The number of sulfonamides is 1. The lowest BCUT2D eigenvalue weighted by molar-refractivity contribution is 0.386. The van der Waals surface area contributed by atoms with Crippen molar-refractivity contribution in [2.24, 2.45) is 0 Å². The van der Waals surface area contributed by atoms with E-state index in [1.54, 1.807) is 12.1 Å². The normalized spacial score (nSPS) is 11.5. The van der Waals surface area contributed by atoms with Crippen molar-refractivity contribution < 1.29 is 17.9 Å². The Labute approximate surface area is 146 Å². The molecule has 1 rings (SSSR count). The molecular weight excluding hydrogens is 326 g/mol. The van der Waals surface area contributed by atoms with Crippen LogP contribution in [0.5, 0.6) is 11.5 Å². The first-order chi connectivity index (χ1) is 11.5. The fraction of sp³-hybridized carbons (Fsp3) is 0.667. The van der Waals surface area contributed by atoms with Crippen molar-refractivity contribution in [2.75, 3.05) is 20.8 Å². The van der Waals surface area contributed by atoms with E-state index < -0.39 is 10.0 Å². The zero-order valence-corrected chi connectivity index (χ0v) is 16.0. The van der Waals surface area contributed by atoms with Gasteiger partial charge in [-0.05, 0) is 18.6 Å². The summed E-state index contributed by atoms with van der Waals surface area (Å²) in [5, 5.41) is 0. The van der Waals surface area contributed by atoms with Gasteiger partial charge in [-0.2, -0.15) is 0 Å². The van der Waals surface area contributed by atoms with Gasteiger partial charge in [-0.15, -0.1) is 0 Å². The molecule has 0 saturated heterocycles. The van der Waals surface area contributed by atoms with Crippen LogP contribution in [0.4, 0.5) is 0 Å². The number of hydrogen-bond acceptors (Lipinski definition) is 4. The van der Waals surface area contributed by atoms with E-state index in [2.05, 4.69) is 11.6 Å². The van der Waals surface area contributed by atoms with Gasteiger partial charge in [0.1, 0.15) is 16.4 Å². The average Bonchev–Trinajstić information content (AvgIpc) is 2.59. The van der Waals surface area contributed by atoms with Gasteiger partial charge >= 0.3 is 0 Å². The quantitative estimate of drug-likeness (QED) is 0.539. The van der Waals surface area contributed by atoms with Crippen molar-refractivity contribution in [3.8, 4) is 11.5 Å². The molecule has 0 radical (unpaired) electrons. The molecule has 0 aliphatic carbocycles. The summed E-state index contributed by atoms with van der Waals surface area (Å²) in [6.45, 7) is 2.66. The molecule has 24 heavy (non-hydrogen) atoms. The number of rotatable bonds is 13. The third kappa shape index (κ3) is 7.09. The largest absolute Gasteiger partial charge is 0.497 e. The molecule has 0 aliphatic heterocycles. The second-order valence-electron chi connectivity index (χ2n) is 5.89. The zero-order chi connectivity index (χ0) is 17.8. The van der Waals surface area contributed by atoms with Crippen LogP contribution < -0.4 is 14.2 Å². The van der Waals surface area contributed by atoms with Crippen molar-refractivity contribution in [1.29, 1.82) is 0 Å². The maximum Gasteiger partial charge on any atom is 0.244 e. The van der Waals surface area contributed by atoms with Crippen molar-refractivity contribution in [3.63, 3.8) is 0 Å². The summed E-state index contributed by atoms with van der Waals surface area (Å²) in [4.78, 5) is 0.144. The predicted octanol–water partition coefficient (Wildman–Crippen LogP) is 4.12. The van der Waals surface area contributed by atoms with Crippen LogP contribution in [0.1, 0.15) is 58.3 Å². The SMILES string of the molecule is CCCCCCCCCCNS(=O)(=O)c1ccc(OC)cc1OC. The highest BCUT2D eigenvalue weighted by Crippen LogP contribution is 2.28. The number of unbranched alkanes of at least 4 members (excludes halogenated alkanes) is 7. The van der Waals surface area contributed by atoms with Crippen LogP contribution in [0.2, 0.25) is 0 Å². The van der Waals surface area contributed by atoms with Gasteiger partial charge < -0.3 is 9.47 Å². The third-order valence-electron chi connectivity index (χ3n) is 3.98. The second kappa shape index (κ2) is 11.3. The Bertz CT molecular complexity index is 572. The standard InChI is InChI=1S/C18H31NO4S/c1-4-5-6-7-8-9-10-11-14-19-24(20,21)18-13-12-16(22-2)15-17(18)23-3/h12-13,15,19H,4-11,14H2,1-3H3. The summed E-state index contributed by atoms with van der Waals surface area (Å²) in [6, 6.07) is 4.70. The Morgan fingerprint density at radius 1 is 0.917 bits per heavy atom. The maximum atomic E-state index is 12.4. The summed E-state index contributed by atoms with van der Waals surface area (Å²) in [5.74, 6) is 0.853. The summed E-state index contributed by atoms with van der Waals surface area (Å²) in [5.41, 5.74) is 0. The molecule has 0 saturated carbocycles. The van der Waals surface area contributed by atoms with E-state index in [1.807, 2.05) is 0 Å². The second-order valence-corrected chi connectivity index (χ2v) is 7.62. The highest BCUT2D eigenvalue weighted by Gasteiger charge is 2.19. The van der Waals surface area contributed by atoms with Gasteiger partial charge in [-0.1, -0.05) is 51.9 Å². The number of methoxy groups -OCH3 is 2. The Morgan fingerprint density at radius 2 is 1.54 bits per heavy atom. The molecule has 138 valence electrons. The van der Waals surface area contributed by atoms with Crippen molar-refractivity contribution in [3.05, 3.63) is 18.2 Å². The average molecular weight is 358 g/mol. The Balaban J connectivity index is 2.39. The molecule has 1 aromatic carbocycles. The first-order valence-electron chi connectivity index (χ1n) is 8.77. The van der Waals surface area contributed by atoms with Gasteiger partial charge in [-0.3, -0.25) is 0 Å². The fourth-order valence-corrected chi connectivity index (χ4v) is 3.76. The van der Waals surface area contributed by atoms with E-state index in [9.17, 15) is 8.42 Å². The molecule has 0 spiro atoms. The van der Waals surface area contributed by atoms with Crippen LogP contribution in [0.25, 0.3) is 0 Å². The minimum absolute atomic E-state index is 0.144. The maximum absolute atomic E-state index is 12.4. The van der Waals surface area contributed by atoms with E-state index in [0.29, 0.717) is 12.3 Å². The predicted molar refractivity (Wildman–Crippen MR) is 97.3 cm³/mol. The minimum atomic E-state index is -3.56. The highest BCUT2D eigenvalue weighted by atomic mass is 32.2. The summed E-state index contributed by atoms with van der Waals surface area (Å²) >= 11 is 0. The molecule has 0 bridgehead atoms. The molecule has 0 aromatic heterocycles. The van der Waals surface area contributed by atoms with Gasteiger partial charge in [0.05, 0.1) is 14.2 Å². The van der Waals surface area contributed by atoms with Crippen molar-refractivity contribution in [1.82, 2.24) is 4.72 Å². The molecule has 0 atom stereocenters. The molecule has 0 fully saturated rings. The topological polar surface area (TPSA) is 64.6 Å². The summed E-state index contributed by atoms with van der Waals surface area (Å²) < 4.78 is 37.7. The van der Waals surface area contributed by atoms with Gasteiger partial charge in [0.2, 0.25) is 10.0 Å². The first kappa shape index (κ1) is 20.8. The van der Waals surface area contributed by atoms with Crippen LogP contribution >= 0.6 is 0 Å². The summed E-state index contributed by atoms with van der Waals surface area (Å²) in [7, 11) is -0.581. The lowest BCUT2D eigenvalue weighted by Gasteiger charge is -2.12. The fourth-order valence-electron chi connectivity index (χ4n) is 2.54. The van der Waals surface area contributed by atoms with Gasteiger partial charge in [-0.25, -0.2) is 13.1 Å². The Morgan fingerprint density at radius 3 is 2.12 bits per heavy atom. The van der Waals surface area contributed by atoms with E-state index in [0.717, 1.165) is 19.3 Å². The Kier molecular flexibility index (Phi) is 9.79. The van der Waals surface area contributed by atoms with Crippen LogP contribution in [-0.2, 0) is 10.0 Å². The molecule has 0 aliphatic rings. The summed E-state index contributed by atoms with van der Waals surface area (Å²) in [6.07, 6.45) is 9.46. The van der Waals surface area contributed by atoms with Crippen LogP contribution in [0, 0.1) is 0 Å². The van der Waals surface area contributed by atoms with Gasteiger partial charge in [0, 0.05) is 12.6 Å². The van der Waals surface area contributed by atoms with E-state index in [4.69, 9.17) is 9.47 Å². The molecule has 1 N–H and O–H groups in total. The number of benzene rings is 1. The molecular formula is C18H31NO4S. The van der Waals surface area contributed by atoms with E-state index in [1.165, 1.54) is 52.4 Å². The number of hydrogen-bond donors (Lipinski definition) is 1. The van der Waals surface area contributed by atoms with Crippen molar-refractivity contribution >= 4 is 10.0 Å². The van der Waals surface area contributed by atoms with Gasteiger partial charge in [0.25, 0.3) is 0 Å². The Hall–Kier alpha value is -1.27. The zero-order valence-electron chi connectivity index (χ0n) is 15.1. The molecule has 6 heteroatoms. The molecule has 0 heterocycles. The van der Waals surface area contributed by atoms with E-state index >= 15 is 0 Å². The molecule has 0 amide bonds. The first-order valence-corrected chi connectivity index (χ1v) is 10.2. The van der Waals surface area contributed by atoms with E-state index in [-0.39, 0.29) is 10.6 Å². The monoisotopic (exact) mass is 357 g/mol.